The minimum Gasteiger partial charge on any atom is -0.411 e. The van der Waals surface area contributed by atoms with Gasteiger partial charge in [0.25, 0.3) is 0 Å². The van der Waals surface area contributed by atoms with Crippen LogP contribution < -0.4 is 5.32 Å². The number of rotatable bonds is 1. The number of benzene rings is 1. The second kappa shape index (κ2) is 4.10. The zero-order valence-corrected chi connectivity index (χ0v) is 8.39. The highest BCUT2D eigenvalue weighted by molar-refractivity contribution is 8.00. The summed E-state index contributed by atoms with van der Waals surface area (Å²) < 4.78 is 36.4. The van der Waals surface area contributed by atoms with Gasteiger partial charge in [-0.2, -0.15) is 13.2 Å². The molecule has 0 fully saturated rings. The molecule has 1 aromatic carbocycles. The molecule has 0 spiro atoms. The van der Waals surface area contributed by atoms with E-state index in [1.54, 1.807) is 0 Å². The number of hydrogen-bond acceptors (Lipinski definition) is 2. The van der Waals surface area contributed by atoms with Crippen LogP contribution in [0.25, 0.3) is 0 Å². The van der Waals surface area contributed by atoms with E-state index in [0.717, 1.165) is 12.1 Å². The van der Waals surface area contributed by atoms with Crippen molar-refractivity contribution < 1.29 is 13.2 Å². The van der Waals surface area contributed by atoms with Crippen LogP contribution in [0.15, 0.2) is 24.3 Å². The minimum absolute atomic E-state index is 0.102. The number of halogens is 3. The van der Waals surface area contributed by atoms with Crippen LogP contribution in [0.2, 0.25) is 0 Å². The maximum absolute atomic E-state index is 12.1. The molecule has 0 amide bonds. The smallest absolute Gasteiger partial charge is 0.411 e. The van der Waals surface area contributed by atoms with Gasteiger partial charge in [0, 0.05) is 5.69 Å². The Morgan fingerprint density at radius 2 is 1.71 bits per heavy atom. The molecule has 0 aliphatic heterocycles. The maximum atomic E-state index is 12.1. The third-order valence-electron chi connectivity index (χ3n) is 1.46. The fourth-order valence-electron chi connectivity index (χ4n) is 0.860. The van der Waals surface area contributed by atoms with Gasteiger partial charge in [-0.3, -0.25) is 0 Å². The van der Waals surface area contributed by atoms with E-state index in [4.69, 9.17) is 0 Å². The summed E-state index contributed by atoms with van der Waals surface area (Å²) in [5, 5.41) is 2.56. The molecule has 1 N–H and O–H groups in total. The lowest BCUT2D eigenvalue weighted by Crippen LogP contribution is -2.07. The standard InChI is InChI=1S/C8H6F3NS2/c9-8(10,11)5-1-3-6(4-2-5)12-7(13)14/h1-4H,(H2,12,13,14)/p-1. The molecule has 6 heteroatoms. The molecular formula is C8H5F3NS2-. The Kier molecular flexibility index (Phi) is 3.28. The topological polar surface area (TPSA) is 12.0 Å². The Morgan fingerprint density at radius 1 is 1.21 bits per heavy atom. The molecular weight excluding hydrogens is 231 g/mol. The molecule has 0 bridgehead atoms. The van der Waals surface area contributed by atoms with E-state index in [9.17, 15) is 13.2 Å². The van der Waals surface area contributed by atoms with Gasteiger partial charge in [-0.15, -0.1) is 0 Å². The maximum Gasteiger partial charge on any atom is 0.416 e. The van der Waals surface area contributed by atoms with Crippen molar-refractivity contribution in [3.8, 4) is 0 Å². The van der Waals surface area contributed by atoms with Gasteiger partial charge < -0.3 is 30.2 Å². The normalized spacial score (nSPS) is 11.1. The van der Waals surface area contributed by atoms with E-state index in [2.05, 4.69) is 30.2 Å². The van der Waals surface area contributed by atoms with Gasteiger partial charge in [0.15, 0.2) is 0 Å². The summed E-state index contributed by atoms with van der Waals surface area (Å²) in [5.41, 5.74) is -0.240. The van der Waals surface area contributed by atoms with Crippen LogP contribution in [0.3, 0.4) is 0 Å². The predicted octanol–water partition coefficient (Wildman–Crippen LogP) is 2.95. The summed E-state index contributed by atoms with van der Waals surface area (Å²) in [6, 6.07) is 4.49. The van der Waals surface area contributed by atoms with Gasteiger partial charge in [0.1, 0.15) is 0 Å². The van der Waals surface area contributed by atoms with Crippen LogP contribution in [-0.4, -0.2) is 4.32 Å². The quantitative estimate of drug-likeness (QED) is 0.594. The highest BCUT2D eigenvalue weighted by Gasteiger charge is 2.29. The SMILES string of the molecule is FC(F)(F)c1ccc(NC(=S)[S-])cc1. The first-order valence-electron chi connectivity index (χ1n) is 3.55. The van der Waals surface area contributed by atoms with E-state index in [-0.39, 0.29) is 4.32 Å². The minimum atomic E-state index is -4.31. The van der Waals surface area contributed by atoms with Crippen molar-refractivity contribution >= 4 is 34.9 Å². The molecule has 1 aromatic rings. The lowest BCUT2D eigenvalue weighted by molar-refractivity contribution is -0.137. The molecule has 0 unspecified atom stereocenters. The van der Waals surface area contributed by atoms with Crippen molar-refractivity contribution in [2.45, 2.75) is 6.18 Å². The molecule has 0 aromatic heterocycles. The Labute approximate surface area is 89.7 Å². The Hall–Kier alpha value is -0.880. The number of anilines is 1. The first-order chi connectivity index (χ1) is 6.39. The number of thiocarbonyl (C=S) groups is 1. The molecule has 0 aliphatic rings. The Morgan fingerprint density at radius 3 is 2.07 bits per heavy atom. The molecule has 0 heterocycles. The lowest BCUT2D eigenvalue weighted by atomic mass is 10.2. The van der Waals surface area contributed by atoms with Crippen LogP contribution in [0.5, 0.6) is 0 Å². The summed E-state index contributed by atoms with van der Waals surface area (Å²) >= 11 is 9.13. The molecule has 0 radical (unpaired) electrons. The summed E-state index contributed by atoms with van der Waals surface area (Å²) in [6.45, 7) is 0. The van der Waals surface area contributed by atoms with Gasteiger partial charge >= 0.3 is 6.18 Å². The molecule has 1 rings (SSSR count). The summed E-state index contributed by atoms with van der Waals surface area (Å²) in [4.78, 5) is 0. The summed E-state index contributed by atoms with van der Waals surface area (Å²) in [6.07, 6.45) is -4.31. The first kappa shape index (κ1) is 11.2. The third kappa shape index (κ3) is 3.12. The van der Waals surface area contributed by atoms with Gasteiger partial charge in [-0.25, -0.2) is 0 Å². The number of alkyl halides is 3. The summed E-state index contributed by atoms with van der Waals surface area (Å²) in [5.74, 6) is 0. The van der Waals surface area contributed by atoms with Crippen LogP contribution in [0.4, 0.5) is 18.9 Å². The molecule has 76 valence electrons. The van der Waals surface area contributed by atoms with Crippen molar-refractivity contribution in [1.82, 2.24) is 0 Å². The second-order valence-corrected chi connectivity index (χ2v) is 3.56. The Bertz CT molecular complexity index is 331. The fourth-order valence-corrected chi connectivity index (χ4v) is 1.10. The van der Waals surface area contributed by atoms with Crippen LogP contribution in [0, 0.1) is 0 Å². The van der Waals surface area contributed by atoms with Crippen LogP contribution in [-0.2, 0) is 18.8 Å². The van der Waals surface area contributed by atoms with Crippen molar-refractivity contribution in [3.05, 3.63) is 29.8 Å². The zero-order chi connectivity index (χ0) is 10.8. The van der Waals surface area contributed by atoms with E-state index >= 15 is 0 Å². The highest BCUT2D eigenvalue weighted by atomic mass is 32.1. The van der Waals surface area contributed by atoms with Gasteiger partial charge in [-0.05, 0) is 24.3 Å². The van der Waals surface area contributed by atoms with Crippen LogP contribution in [0.1, 0.15) is 5.56 Å². The molecule has 0 aliphatic carbocycles. The van der Waals surface area contributed by atoms with E-state index < -0.39 is 11.7 Å². The van der Waals surface area contributed by atoms with Crippen molar-refractivity contribution in [2.24, 2.45) is 0 Å². The van der Waals surface area contributed by atoms with Gasteiger partial charge in [0.05, 0.1) is 5.56 Å². The molecule has 0 saturated heterocycles. The monoisotopic (exact) mass is 236 g/mol. The largest absolute Gasteiger partial charge is 0.416 e. The van der Waals surface area contributed by atoms with E-state index in [1.165, 1.54) is 12.1 Å². The summed E-state index contributed by atoms with van der Waals surface area (Å²) in [7, 11) is 0. The number of nitrogens with one attached hydrogen (secondary N) is 1. The zero-order valence-electron chi connectivity index (χ0n) is 6.76. The average Bonchev–Trinajstić information content (AvgIpc) is 2.02. The molecule has 1 nitrogen and oxygen atoms in total. The third-order valence-corrected chi connectivity index (χ3v) is 1.66. The van der Waals surface area contributed by atoms with E-state index in [1.807, 2.05) is 0 Å². The van der Waals surface area contributed by atoms with Crippen molar-refractivity contribution in [2.75, 3.05) is 5.32 Å². The molecule has 0 saturated carbocycles. The van der Waals surface area contributed by atoms with Crippen molar-refractivity contribution in [3.63, 3.8) is 0 Å². The predicted molar refractivity (Wildman–Crippen MR) is 55.0 cm³/mol. The molecule has 14 heavy (non-hydrogen) atoms. The lowest BCUT2D eigenvalue weighted by Gasteiger charge is -2.11. The Balaban J connectivity index is 2.84. The van der Waals surface area contributed by atoms with Gasteiger partial charge in [0.2, 0.25) is 0 Å². The second-order valence-electron chi connectivity index (χ2n) is 2.49. The fraction of sp³-hybridized carbons (Fsp3) is 0.125. The average molecular weight is 236 g/mol. The van der Waals surface area contributed by atoms with E-state index in [0.29, 0.717) is 5.69 Å². The van der Waals surface area contributed by atoms with Crippen LogP contribution >= 0.6 is 12.2 Å². The van der Waals surface area contributed by atoms with Gasteiger partial charge in [-0.1, -0.05) is 4.32 Å². The van der Waals surface area contributed by atoms with Crippen molar-refractivity contribution in [1.29, 1.82) is 0 Å². The molecule has 0 atom stereocenters. The highest BCUT2D eigenvalue weighted by Crippen LogP contribution is 2.29. The first-order valence-corrected chi connectivity index (χ1v) is 4.36. The number of hydrogen-bond donors (Lipinski definition) is 1.